The summed E-state index contributed by atoms with van der Waals surface area (Å²) >= 11 is 0. The molecule has 2 nitrogen and oxygen atoms in total. The lowest BCUT2D eigenvalue weighted by Crippen LogP contribution is -2.29. The highest BCUT2D eigenvalue weighted by molar-refractivity contribution is 4.93. The van der Waals surface area contributed by atoms with Crippen molar-refractivity contribution in [3.05, 3.63) is 0 Å². The average Bonchev–Trinajstić information content (AvgIpc) is 2.58. The molecule has 2 N–H and O–H groups in total. The van der Waals surface area contributed by atoms with Crippen LogP contribution in [-0.2, 0) is 0 Å². The van der Waals surface area contributed by atoms with E-state index in [9.17, 15) is 0 Å². The summed E-state index contributed by atoms with van der Waals surface area (Å²) in [5, 5.41) is 7.11. The van der Waals surface area contributed by atoms with E-state index in [1.807, 2.05) is 0 Å². The predicted octanol–water partition coefficient (Wildman–Crippen LogP) is 0.984. The van der Waals surface area contributed by atoms with E-state index in [-0.39, 0.29) is 0 Å². The van der Waals surface area contributed by atoms with Crippen LogP contribution < -0.4 is 10.6 Å². The van der Waals surface area contributed by atoms with Gasteiger partial charge < -0.3 is 10.6 Å². The number of nitrogens with one attached hydrogen (secondary N) is 2. The van der Waals surface area contributed by atoms with E-state index in [4.69, 9.17) is 0 Å². The maximum Gasteiger partial charge on any atom is 0.00735 e. The van der Waals surface area contributed by atoms with Gasteiger partial charge in [-0.25, -0.2) is 0 Å². The van der Waals surface area contributed by atoms with Crippen LogP contribution in [0.4, 0.5) is 0 Å². The Morgan fingerprint density at radius 3 is 2.50 bits per heavy atom. The van der Waals surface area contributed by atoms with Gasteiger partial charge in [-0.2, -0.15) is 0 Å². The van der Waals surface area contributed by atoms with Gasteiger partial charge in [0.1, 0.15) is 0 Å². The van der Waals surface area contributed by atoms with Gasteiger partial charge in [-0.05, 0) is 50.7 Å². The summed E-state index contributed by atoms with van der Waals surface area (Å²) < 4.78 is 0. The van der Waals surface area contributed by atoms with E-state index in [2.05, 4.69) is 17.6 Å². The van der Waals surface area contributed by atoms with Crippen molar-refractivity contribution in [2.75, 3.05) is 19.6 Å². The Hall–Kier alpha value is -0.0800. The molecule has 0 aromatic heterocycles. The fourth-order valence-corrected chi connectivity index (χ4v) is 2.68. The molecule has 70 valence electrons. The van der Waals surface area contributed by atoms with E-state index in [1.165, 1.54) is 38.9 Å². The highest BCUT2D eigenvalue weighted by Crippen LogP contribution is 2.34. The van der Waals surface area contributed by atoms with Gasteiger partial charge in [0.2, 0.25) is 0 Å². The number of hydrogen-bond donors (Lipinski definition) is 2. The van der Waals surface area contributed by atoms with Gasteiger partial charge in [0, 0.05) is 6.04 Å². The molecule has 12 heavy (non-hydrogen) atoms. The SMILES string of the molecule is CCCNC1CC2CNCC2C1. The summed E-state index contributed by atoms with van der Waals surface area (Å²) in [6.45, 7) is 5.99. The molecule has 1 saturated carbocycles. The average molecular weight is 168 g/mol. The monoisotopic (exact) mass is 168 g/mol. The van der Waals surface area contributed by atoms with E-state index < -0.39 is 0 Å². The highest BCUT2D eigenvalue weighted by atomic mass is 15.0. The van der Waals surface area contributed by atoms with E-state index in [0.29, 0.717) is 0 Å². The van der Waals surface area contributed by atoms with Crippen molar-refractivity contribution in [2.45, 2.75) is 32.2 Å². The molecule has 2 unspecified atom stereocenters. The van der Waals surface area contributed by atoms with Crippen molar-refractivity contribution in [3.63, 3.8) is 0 Å². The molecule has 1 heterocycles. The molecule has 1 aliphatic heterocycles. The molecule has 0 aromatic rings. The van der Waals surface area contributed by atoms with Gasteiger partial charge in [-0.1, -0.05) is 6.92 Å². The van der Waals surface area contributed by atoms with Crippen molar-refractivity contribution in [1.82, 2.24) is 10.6 Å². The predicted molar refractivity (Wildman–Crippen MR) is 51.2 cm³/mol. The highest BCUT2D eigenvalue weighted by Gasteiger charge is 2.36. The van der Waals surface area contributed by atoms with E-state index in [1.54, 1.807) is 0 Å². The first-order valence-corrected chi connectivity index (χ1v) is 5.34. The zero-order valence-electron chi connectivity index (χ0n) is 7.97. The molecular weight excluding hydrogens is 148 g/mol. The van der Waals surface area contributed by atoms with Crippen molar-refractivity contribution in [1.29, 1.82) is 0 Å². The third-order valence-electron chi connectivity index (χ3n) is 3.34. The first-order valence-electron chi connectivity index (χ1n) is 5.34. The van der Waals surface area contributed by atoms with Gasteiger partial charge in [-0.15, -0.1) is 0 Å². The van der Waals surface area contributed by atoms with Gasteiger partial charge in [0.25, 0.3) is 0 Å². The van der Waals surface area contributed by atoms with Gasteiger partial charge in [0.15, 0.2) is 0 Å². The Labute approximate surface area is 75.1 Å². The zero-order chi connectivity index (χ0) is 8.39. The topological polar surface area (TPSA) is 24.1 Å². The molecule has 2 heteroatoms. The van der Waals surface area contributed by atoms with Crippen LogP contribution in [0.1, 0.15) is 26.2 Å². The lowest BCUT2D eigenvalue weighted by molar-refractivity contribution is 0.485. The summed E-state index contributed by atoms with van der Waals surface area (Å²) in [5.74, 6) is 1.97. The summed E-state index contributed by atoms with van der Waals surface area (Å²) in [6, 6.07) is 0.835. The van der Waals surface area contributed by atoms with Crippen LogP contribution in [0.3, 0.4) is 0 Å². The van der Waals surface area contributed by atoms with Crippen LogP contribution >= 0.6 is 0 Å². The molecule has 1 saturated heterocycles. The Bertz CT molecular complexity index is 135. The lowest BCUT2D eigenvalue weighted by Gasteiger charge is -2.12. The van der Waals surface area contributed by atoms with E-state index >= 15 is 0 Å². The van der Waals surface area contributed by atoms with E-state index in [0.717, 1.165) is 17.9 Å². The van der Waals surface area contributed by atoms with Crippen LogP contribution in [-0.4, -0.2) is 25.7 Å². The van der Waals surface area contributed by atoms with Crippen LogP contribution in [0.5, 0.6) is 0 Å². The summed E-state index contributed by atoms with van der Waals surface area (Å²) in [4.78, 5) is 0. The van der Waals surface area contributed by atoms with Crippen LogP contribution in [0, 0.1) is 11.8 Å². The van der Waals surface area contributed by atoms with Crippen LogP contribution in [0.25, 0.3) is 0 Å². The van der Waals surface area contributed by atoms with Gasteiger partial charge in [0.05, 0.1) is 0 Å². The maximum atomic E-state index is 3.63. The Morgan fingerprint density at radius 2 is 1.92 bits per heavy atom. The normalized spacial score (nSPS) is 40.2. The first kappa shape index (κ1) is 8.52. The quantitative estimate of drug-likeness (QED) is 0.656. The zero-order valence-corrected chi connectivity index (χ0v) is 7.97. The van der Waals surface area contributed by atoms with Crippen molar-refractivity contribution in [2.24, 2.45) is 11.8 Å². The molecule has 0 amide bonds. The van der Waals surface area contributed by atoms with Crippen molar-refractivity contribution < 1.29 is 0 Å². The summed E-state index contributed by atoms with van der Waals surface area (Å²) in [6.07, 6.45) is 4.10. The minimum Gasteiger partial charge on any atom is -0.316 e. The van der Waals surface area contributed by atoms with Crippen molar-refractivity contribution >= 4 is 0 Å². The summed E-state index contributed by atoms with van der Waals surface area (Å²) in [5.41, 5.74) is 0. The number of hydrogen-bond acceptors (Lipinski definition) is 2. The minimum absolute atomic E-state index is 0.835. The second-order valence-electron chi connectivity index (χ2n) is 4.30. The van der Waals surface area contributed by atoms with Crippen molar-refractivity contribution in [3.8, 4) is 0 Å². The van der Waals surface area contributed by atoms with Gasteiger partial charge >= 0.3 is 0 Å². The molecule has 2 atom stereocenters. The number of fused-ring (bicyclic) bond motifs is 1. The maximum absolute atomic E-state index is 3.63. The first-order chi connectivity index (χ1) is 5.90. The largest absolute Gasteiger partial charge is 0.316 e. The Morgan fingerprint density at radius 1 is 1.25 bits per heavy atom. The molecular formula is C10H20N2. The number of rotatable bonds is 3. The Kier molecular flexibility index (Phi) is 2.66. The second-order valence-corrected chi connectivity index (χ2v) is 4.30. The molecule has 1 aliphatic carbocycles. The lowest BCUT2D eigenvalue weighted by atomic mass is 10.0. The van der Waals surface area contributed by atoms with Crippen LogP contribution in [0.2, 0.25) is 0 Å². The molecule has 0 aromatic carbocycles. The van der Waals surface area contributed by atoms with Gasteiger partial charge in [-0.3, -0.25) is 0 Å². The minimum atomic E-state index is 0.835. The molecule has 2 fully saturated rings. The molecule has 0 bridgehead atoms. The molecule has 0 spiro atoms. The van der Waals surface area contributed by atoms with Crippen LogP contribution in [0.15, 0.2) is 0 Å². The fraction of sp³-hybridized carbons (Fsp3) is 1.00. The smallest absolute Gasteiger partial charge is 0.00735 e. The third kappa shape index (κ3) is 1.64. The molecule has 0 radical (unpaired) electrons. The second kappa shape index (κ2) is 3.75. The Balaban J connectivity index is 1.75. The standard InChI is InChI=1S/C10H20N2/c1-2-3-12-10-4-8-6-11-7-9(8)5-10/h8-12H,2-7H2,1H3. The third-order valence-corrected chi connectivity index (χ3v) is 3.34. The molecule has 2 rings (SSSR count). The summed E-state index contributed by atoms with van der Waals surface area (Å²) in [7, 11) is 0. The fourth-order valence-electron chi connectivity index (χ4n) is 2.68. The molecule has 2 aliphatic rings.